The van der Waals surface area contributed by atoms with E-state index in [1.807, 2.05) is 23.1 Å². The van der Waals surface area contributed by atoms with Crippen molar-refractivity contribution >= 4 is 40.3 Å². The van der Waals surface area contributed by atoms with Crippen molar-refractivity contribution in [3.8, 4) is 0 Å². The minimum Gasteiger partial charge on any atom is -0.337 e. The number of hydrogen-bond donors (Lipinski definition) is 1. The fraction of sp³-hybridized carbons (Fsp3) is 0.294. The van der Waals surface area contributed by atoms with E-state index in [9.17, 15) is 4.79 Å². The lowest BCUT2D eigenvalue weighted by atomic mass is 9.89. The first-order chi connectivity index (χ1) is 12.1. The Labute approximate surface area is 154 Å². The number of hydrogen-bond acceptors (Lipinski definition) is 4. The summed E-state index contributed by atoms with van der Waals surface area (Å²) in [7, 11) is 0. The number of carbonyl (C=O) groups is 1. The standard InChI is InChI=1S/C17H15Cl2N5O/c18-11-2-1-3-12(19)15(11)10-6-8-24(9-7-10)17(25)14-5-4-13-16(20-14)22-23-21-13/h1-5,10H,6-9H2,(H,20,21,22,23). The zero-order valence-electron chi connectivity index (χ0n) is 13.2. The molecule has 0 unspecified atom stereocenters. The van der Waals surface area contributed by atoms with Crippen molar-refractivity contribution in [3.63, 3.8) is 0 Å². The zero-order chi connectivity index (χ0) is 17.4. The van der Waals surface area contributed by atoms with Gasteiger partial charge in [0.2, 0.25) is 5.65 Å². The number of halogens is 2. The first-order valence-electron chi connectivity index (χ1n) is 8.04. The van der Waals surface area contributed by atoms with Crippen LogP contribution in [0.25, 0.3) is 11.2 Å². The number of pyridine rings is 1. The normalized spacial score (nSPS) is 15.7. The van der Waals surface area contributed by atoms with Gasteiger partial charge in [-0.25, -0.2) is 4.98 Å². The number of rotatable bonds is 2. The van der Waals surface area contributed by atoms with E-state index in [-0.39, 0.29) is 11.8 Å². The van der Waals surface area contributed by atoms with Crippen LogP contribution in [0.3, 0.4) is 0 Å². The van der Waals surface area contributed by atoms with Gasteiger partial charge in [-0.05, 0) is 48.6 Å². The number of aromatic amines is 1. The smallest absolute Gasteiger partial charge is 0.272 e. The summed E-state index contributed by atoms with van der Waals surface area (Å²) in [6, 6.07) is 8.99. The molecule has 1 amide bonds. The van der Waals surface area contributed by atoms with E-state index in [1.54, 1.807) is 12.1 Å². The largest absolute Gasteiger partial charge is 0.337 e. The van der Waals surface area contributed by atoms with E-state index in [0.29, 0.717) is 40.0 Å². The lowest BCUT2D eigenvalue weighted by molar-refractivity contribution is 0.0707. The number of aromatic nitrogens is 4. The number of amides is 1. The number of fused-ring (bicyclic) bond motifs is 1. The van der Waals surface area contributed by atoms with Gasteiger partial charge >= 0.3 is 0 Å². The van der Waals surface area contributed by atoms with E-state index >= 15 is 0 Å². The molecule has 1 fully saturated rings. The molecule has 1 aromatic carbocycles. The van der Waals surface area contributed by atoms with Crippen molar-refractivity contribution in [1.82, 2.24) is 25.3 Å². The van der Waals surface area contributed by atoms with Crippen LogP contribution in [0.1, 0.15) is 34.8 Å². The second-order valence-corrected chi connectivity index (χ2v) is 6.88. The molecule has 1 aliphatic heterocycles. The Morgan fingerprint density at radius 1 is 1.08 bits per heavy atom. The number of nitrogens with zero attached hydrogens (tertiary/aromatic N) is 4. The highest BCUT2D eigenvalue weighted by Crippen LogP contribution is 2.37. The molecular weight excluding hydrogens is 361 g/mol. The molecule has 1 saturated heterocycles. The van der Waals surface area contributed by atoms with Gasteiger partial charge in [-0.1, -0.05) is 29.3 Å². The highest BCUT2D eigenvalue weighted by Gasteiger charge is 2.27. The maximum atomic E-state index is 12.7. The van der Waals surface area contributed by atoms with Gasteiger partial charge in [-0.15, -0.1) is 5.10 Å². The SMILES string of the molecule is O=C(c1ccc2n[nH]nc2n1)N1CCC(c2c(Cl)cccc2Cl)CC1. The van der Waals surface area contributed by atoms with Gasteiger partial charge in [-0.2, -0.15) is 10.3 Å². The Balaban J connectivity index is 1.48. The van der Waals surface area contributed by atoms with Crippen molar-refractivity contribution in [2.75, 3.05) is 13.1 Å². The molecule has 0 spiro atoms. The van der Waals surface area contributed by atoms with E-state index in [1.165, 1.54) is 0 Å². The summed E-state index contributed by atoms with van der Waals surface area (Å²) in [5, 5.41) is 11.8. The van der Waals surface area contributed by atoms with E-state index in [2.05, 4.69) is 20.4 Å². The van der Waals surface area contributed by atoms with Crippen LogP contribution in [-0.4, -0.2) is 44.3 Å². The highest BCUT2D eigenvalue weighted by molar-refractivity contribution is 6.36. The minimum atomic E-state index is -0.0893. The maximum Gasteiger partial charge on any atom is 0.272 e. The molecule has 3 heterocycles. The molecule has 0 aliphatic carbocycles. The molecule has 2 aromatic heterocycles. The summed E-state index contributed by atoms with van der Waals surface area (Å²) in [5.74, 6) is 0.171. The number of benzene rings is 1. The third-order valence-corrected chi connectivity index (χ3v) is 5.25. The molecule has 1 aliphatic rings. The first kappa shape index (κ1) is 16.3. The quantitative estimate of drug-likeness (QED) is 0.741. The van der Waals surface area contributed by atoms with Crippen LogP contribution in [0.2, 0.25) is 10.0 Å². The van der Waals surface area contributed by atoms with Crippen molar-refractivity contribution in [2.45, 2.75) is 18.8 Å². The van der Waals surface area contributed by atoms with Gasteiger partial charge in [0.25, 0.3) is 5.91 Å². The third-order valence-electron chi connectivity index (χ3n) is 4.59. The molecule has 0 saturated carbocycles. The van der Waals surface area contributed by atoms with Gasteiger partial charge in [0, 0.05) is 23.1 Å². The Kier molecular flexibility index (Phi) is 4.31. The van der Waals surface area contributed by atoms with Gasteiger partial charge in [-0.3, -0.25) is 4.79 Å². The van der Waals surface area contributed by atoms with Crippen LogP contribution >= 0.6 is 23.2 Å². The van der Waals surface area contributed by atoms with E-state index in [0.717, 1.165) is 18.4 Å². The van der Waals surface area contributed by atoms with Gasteiger partial charge in [0.05, 0.1) is 0 Å². The molecule has 3 aromatic rings. The van der Waals surface area contributed by atoms with E-state index < -0.39 is 0 Å². The molecule has 6 nitrogen and oxygen atoms in total. The van der Waals surface area contributed by atoms with Gasteiger partial charge in [0.15, 0.2) is 0 Å². The topological polar surface area (TPSA) is 74.8 Å². The van der Waals surface area contributed by atoms with Crippen LogP contribution in [0.4, 0.5) is 0 Å². The number of likely N-dealkylation sites (tertiary alicyclic amines) is 1. The van der Waals surface area contributed by atoms with Crippen LogP contribution < -0.4 is 0 Å². The van der Waals surface area contributed by atoms with Gasteiger partial charge < -0.3 is 4.90 Å². The fourth-order valence-electron chi connectivity index (χ4n) is 3.29. The van der Waals surface area contributed by atoms with Crippen molar-refractivity contribution in [2.24, 2.45) is 0 Å². The molecule has 8 heteroatoms. The first-order valence-corrected chi connectivity index (χ1v) is 8.80. The predicted molar refractivity (Wildman–Crippen MR) is 96.0 cm³/mol. The Bertz CT molecular complexity index is 913. The maximum absolute atomic E-state index is 12.7. The molecule has 1 N–H and O–H groups in total. The number of piperidine rings is 1. The summed E-state index contributed by atoms with van der Waals surface area (Å²) in [6.45, 7) is 1.28. The van der Waals surface area contributed by atoms with Crippen molar-refractivity contribution in [1.29, 1.82) is 0 Å². The van der Waals surface area contributed by atoms with Crippen molar-refractivity contribution < 1.29 is 4.79 Å². The van der Waals surface area contributed by atoms with Crippen molar-refractivity contribution in [3.05, 3.63) is 51.6 Å². The average Bonchev–Trinajstić information content (AvgIpc) is 3.09. The van der Waals surface area contributed by atoms with Crippen LogP contribution in [0, 0.1) is 0 Å². The number of nitrogens with one attached hydrogen (secondary N) is 1. The predicted octanol–water partition coefficient (Wildman–Crippen LogP) is 3.68. The second kappa shape index (κ2) is 6.61. The summed E-state index contributed by atoms with van der Waals surface area (Å²) in [6.07, 6.45) is 1.64. The monoisotopic (exact) mass is 375 g/mol. The highest BCUT2D eigenvalue weighted by atomic mass is 35.5. The van der Waals surface area contributed by atoms with Crippen LogP contribution in [0.5, 0.6) is 0 Å². The van der Waals surface area contributed by atoms with Crippen LogP contribution in [0.15, 0.2) is 30.3 Å². The van der Waals surface area contributed by atoms with E-state index in [4.69, 9.17) is 23.2 Å². The molecular formula is C17H15Cl2N5O. The zero-order valence-corrected chi connectivity index (χ0v) is 14.8. The molecule has 0 bridgehead atoms. The summed E-state index contributed by atoms with van der Waals surface area (Å²) in [5.41, 5.74) is 2.46. The Hall–Kier alpha value is -2.18. The minimum absolute atomic E-state index is 0.0893. The Morgan fingerprint density at radius 2 is 1.80 bits per heavy atom. The molecule has 0 radical (unpaired) electrons. The molecule has 0 atom stereocenters. The summed E-state index contributed by atoms with van der Waals surface area (Å²) in [4.78, 5) is 18.8. The molecule has 4 rings (SSSR count). The molecule has 25 heavy (non-hydrogen) atoms. The fourth-order valence-corrected chi connectivity index (χ4v) is 4.00. The summed E-state index contributed by atoms with van der Waals surface area (Å²) >= 11 is 12.6. The average molecular weight is 376 g/mol. The number of H-pyrrole nitrogens is 1. The van der Waals surface area contributed by atoms with Crippen LogP contribution in [-0.2, 0) is 0 Å². The third kappa shape index (κ3) is 3.07. The lowest BCUT2D eigenvalue weighted by Crippen LogP contribution is -2.38. The van der Waals surface area contributed by atoms with Gasteiger partial charge in [0.1, 0.15) is 11.2 Å². The second-order valence-electron chi connectivity index (χ2n) is 6.06. The molecule has 128 valence electrons. The lowest BCUT2D eigenvalue weighted by Gasteiger charge is -2.32. The summed E-state index contributed by atoms with van der Waals surface area (Å²) < 4.78 is 0. The Morgan fingerprint density at radius 3 is 2.52 bits per heavy atom. The number of carbonyl (C=O) groups excluding carboxylic acids is 1.